The van der Waals surface area contributed by atoms with E-state index in [9.17, 15) is 35.9 Å². The van der Waals surface area contributed by atoms with E-state index in [2.05, 4.69) is 10.4 Å². The van der Waals surface area contributed by atoms with E-state index < -0.39 is 55.1 Å². The Morgan fingerprint density at radius 2 is 1.82 bits per heavy atom. The number of hydrogen-bond acceptors (Lipinski definition) is 6. The van der Waals surface area contributed by atoms with E-state index >= 15 is 0 Å². The molecule has 1 aromatic heterocycles. The molecule has 0 aliphatic rings. The van der Waals surface area contributed by atoms with Gasteiger partial charge in [0.05, 0.1) is 36.9 Å². The molecular weight excluding hydrogens is 576 g/mol. The van der Waals surface area contributed by atoms with Crippen molar-refractivity contribution in [3.8, 4) is 11.4 Å². The van der Waals surface area contributed by atoms with Gasteiger partial charge in [-0.05, 0) is 48.4 Å². The molecule has 0 radical (unpaired) electrons. The van der Waals surface area contributed by atoms with E-state index in [1.54, 1.807) is 0 Å². The molecule has 39 heavy (non-hydrogen) atoms. The number of rotatable bonds is 11. The molecule has 3 rings (SSSR count). The van der Waals surface area contributed by atoms with E-state index in [0.717, 1.165) is 16.7 Å². The molecule has 1 heterocycles. The largest absolute Gasteiger partial charge is 0.416 e. The number of nitrogens with two attached hydrogens (primary N) is 1. The molecule has 1 unspecified atom stereocenters. The van der Waals surface area contributed by atoms with E-state index in [1.165, 1.54) is 36.4 Å². The second-order valence-electron chi connectivity index (χ2n) is 8.24. The smallest absolute Gasteiger partial charge is 0.348 e. The summed E-state index contributed by atoms with van der Waals surface area (Å²) in [4.78, 5) is 25.8. The van der Waals surface area contributed by atoms with E-state index in [0.29, 0.717) is 21.9 Å². The zero-order chi connectivity index (χ0) is 28.8. The van der Waals surface area contributed by atoms with Crippen LogP contribution in [0.4, 0.5) is 26.3 Å². The first-order chi connectivity index (χ1) is 18.3. The molecule has 0 bridgehead atoms. The molecule has 0 aliphatic heterocycles. The van der Waals surface area contributed by atoms with Crippen molar-refractivity contribution in [1.82, 2.24) is 19.7 Å². The van der Waals surface area contributed by atoms with Gasteiger partial charge in [0, 0.05) is 17.1 Å². The fourth-order valence-corrected chi connectivity index (χ4v) is 3.96. The maximum absolute atomic E-state index is 13.2. The first kappa shape index (κ1) is 30.5. The molecule has 2 aromatic carbocycles. The molecule has 0 spiro atoms. The van der Waals surface area contributed by atoms with Crippen molar-refractivity contribution < 1.29 is 35.3 Å². The van der Waals surface area contributed by atoms with Gasteiger partial charge in [0.25, 0.3) is 0 Å². The predicted octanol–water partition coefficient (Wildman–Crippen LogP) is 5.12. The Kier molecular flexibility index (Phi) is 10.1. The highest BCUT2D eigenvalue weighted by atomic mass is 35.5. The summed E-state index contributed by atoms with van der Waals surface area (Å²) < 4.78 is 84.8. The second-order valence-corrected chi connectivity index (χ2v) is 9.10. The highest BCUT2D eigenvalue weighted by molar-refractivity contribution is 7.92. The SMILES string of the molecule is NSOCCC(NC(=O)Cn1nc(-c2ccc(Cl)cc2)n(CCC(F)(F)F)c1=O)c1cccc(C(F)(F)F)c1. The van der Waals surface area contributed by atoms with Crippen molar-refractivity contribution in [2.45, 2.75) is 44.3 Å². The molecule has 212 valence electrons. The van der Waals surface area contributed by atoms with Crippen LogP contribution < -0.4 is 16.1 Å². The number of amides is 1. The van der Waals surface area contributed by atoms with Gasteiger partial charge in [0.15, 0.2) is 5.82 Å². The lowest BCUT2D eigenvalue weighted by Gasteiger charge is -2.20. The highest BCUT2D eigenvalue weighted by Gasteiger charge is 2.31. The van der Waals surface area contributed by atoms with Crippen LogP contribution in [0.25, 0.3) is 11.4 Å². The van der Waals surface area contributed by atoms with E-state index in [1.807, 2.05) is 0 Å². The minimum atomic E-state index is -4.62. The van der Waals surface area contributed by atoms with Gasteiger partial charge >= 0.3 is 18.0 Å². The molecule has 3 N–H and O–H groups in total. The molecular formula is C23H22ClF6N5O3S. The number of nitrogens with zero attached hydrogens (tertiary/aromatic N) is 3. The Balaban J connectivity index is 1.88. The molecule has 1 atom stereocenters. The number of carbonyl (C=O) groups excluding carboxylic acids is 1. The van der Waals surface area contributed by atoms with Crippen LogP contribution in [0.3, 0.4) is 0 Å². The molecule has 3 aromatic rings. The summed E-state index contributed by atoms with van der Waals surface area (Å²) in [6, 6.07) is 9.18. The molecule has 16 heteroatoms. The van der Waals surface area contributed by atoms with Crippen LogP contribution in [-0.4, -0.2) is 33.0 Å². The number of hydrogen-bond donors (Lipinski definition) is 2. The number of halogens is 7. The fourth-order valence-electron chi connectivity index (χ4n) is 3.64. The topological polar surface area (TPSA) is 104 Å². The summed E-state index contributed by atoms with van der Waals surface area (Å²) in [6.07, 6.45) is -10.5. The second kappa shape index (κ2) is 12.9. The number of carbonyl (C=O) groups is 1. The number of benzene rings is 2. The zero-order valence-corrected chi connectivity index (χ0v) is 21.5. The van der Waals surface area contributed by atoms with Crippen molar-refractivity contribution in [2.24, 2.45) is 5.14 Å². The Hall–Kier alpha value is -3.01. The van der Waals surface area contributed by atoms with Gasteiger partial charge in [-0.25, -0.2) is 9.48 Å². The van der Waals surface area contributed by atoms with Crippen LogP contribution >= 0.6 is 23.8 Å². The van der Waals surface area contributed by atoms with Crippen LogP contribution in [-0.2, 0) is 28.2 Å². The first-order valence-corrected chi connectivity index (χ1v) is 12.4. The molecule has 8 nitrogen and oxygen atoms in total. The summed E-state index contributed by atoms with van der Waals surface area (Å²) in [5, 5.41) is 12.1. The van der Waals surface area contributed by atoms with Crippen LogP contribution in [0, 0.1) is 0 Å². The third-order valence-corrected chi connectivity index (χ3v) is 6.00. The minimum absolute atomic E-state index is 0.0300. The number of alkyl halides is 6. The summed E-state index contributed by atoms with van der Waals surface area (Å²) in [5.74, 6) is -0.931. The van der Waals surface area contributed by atoms with Crippen LogP contribution in [0.15, 0.2) is 53.3 Å². The molecule has 0 saturated heterocycles. The average Bonchev–Trinajstić information content (AvgIpc) is 3.16. The van der Waals surface area contributed by atoms with Gasteiger partial charge in [-0.3, -0.25) is 14.5 Å². The fraction of sp³-hybridized carbons (Fsp3) is 0.348. The van der Waals surface area contributed by atoms with Gasteiger partial charge in [-0.15, -0.1) is 5.10 Å². The maximum atomic E-state index is 13.2. The summed E-state index contributed by atoms with van der Waals surface area (Å²) in [7, 11) is 0. The molecule has 0 fully saturated rings. The van der Waals surface area contributed by atoms with Gasteiger partial charge in [0.2, 0.25) is 5.91 Å². The Morgan fingerprint density at radius 1 is 1.13 bits per heavy atom. The highest BCUT2D eigenvalue weighted by Crippen LogP contribution is 2.31. The monoisotopic (exact) mass is 597 g/mol. The number of aromatic nitrogens is 3. The van der Waals surface area contributed by atoms with Crippen molar-refractivity contribution in [3.05, 3.63) is 75.2 Å². The lowest BCUT2D eigenvalue weighted by Crippen LogP contribution is -2.36. The average molecular weight is 598 g/mol. The lowest BCUT2D eigenvalue weighted by atomic mass is 10.0. The normalized spacial score (nSPS) is 12.9. The maximum Gasteiger partial charge on any atom is 0.416 e. The third-order valence-electron chi connectivity index (χ3n) is 5.45. The third kappa shape index (κ3) is 8.74. The lowest BCUT2D eigenvalue weighted by molar-refractivity contribution is -0.138. The Bertz CT molecular complexity index is 1330. The predicted molar refractivity (Wildman–Crippen MR) is 132 cm³/mol. The Morgan fingerprint density at radius 3 is 2.44 bits per heavy atom. The molecule has 1 amide bonds. The minimum Gasteiger partial charge on any atom is -0.348 e. The van der Waals surface area contributed by atoms with Gasteiger partial charge in [-0.2, -0.15) is 26.3 Å². The Labute approximate surface area is 227 Å². The summed E-state index contributed by atoms with van der Waals surface area (Å²) in [5.41, 5.74) is -1.50. The summed E-state index contributed by atoms with van der Waals surface area (Å²) in [6.45, 7) is -1.49. The quantitative estimate of drug-likeness (QED) is 0.138. The summed E-state index contributed by atoms with van der Waals surface area (Å²) >= 11 is 6.41. The van der Waals surface area contributed by atoms with Gasteiger partial charge < -0.3 is 9.50 Å². The first-order valence-electron chi connectivity index (χ1n) is 11.2. The van der Waals surface area contributed by atoms with Crippen LogP contribution in [0.2, 0.25) is 5.02 Å². The van der Waals surface area contributed by atoms with Gasteiger partial charge in [0.1, 0.15) is 6.54 Å². The number of nitrogens with one attached hydrogen (secondary N) is 1. The molecule has 0 saturated carbocycles. The van der Waals surface area contributed by atoms with Gasteiger partial charge in [-0.1, -0.05) is 23.7 Å². The standard InChI is InChI=1S/C23H22ClF6N5O3S/c24-17-6-4-14(5-7-17)20-33-35(21(37)34(20)10-9-22(25,26)27)13-19(36)32-18(8-11-38-39-31)15-2-1-3-16(12-15)23(28,29)30/h1-7,12,18H,8-11,13,31H2,(H,32,36). The van der Waals surface area contributed by atoms with E-state index in [4.69, 9.17) is 20.9 Å². The van der Waals surface area contributed by atoms with Crippen molar-refractivity contribution in [1.29, 1.82) is 0 Å². The van der Waals surface area contributed by atoms with Crippen LogP contribution in [0.5, 0.6) is 0 Å². The van der Waals surface area contributed by atoms with E-state index in [-0.39, 0.29) is 30.0 Å². The van der Waals surface area contributed by atoms with Crippen molar-refractivity contribution >= 4 is 29.7 Å². The zero-order valence-electron chi connectivity index (χ0n) is 19.9. The van der Waals surface area contributed by atoms with Crippen LogP contribution in [0.1, 0.15) is 30.0 Å². The van der Waals surface area contributed by atoms with Crippen molar-refractivity contribution in [3.63, 3.8) is 0 Å². The molecule has 0 aliphatic carbocycles. The van der Waals surface area contributed by atoms with Crippen molar-refractivity contribution in [2.75, 3.05) is 6.61 Å².